The number of carbonyl (C=O) groups excluding carboxylic acids is 1. The molecule has 2 rings (SSSR count). The molecule has 0 radical (unpaired) electrons. The number of aliphatic hydroxyl groups is 1. The van der Waals surface area contributed by atoms with Crippen molar-refractivity contribution in [3.8, 4) is 0 Å². The number of morpholine rings is 1. The lowest BCUT2D eigenvalue weighted by Crippen LogP contribution is -2.48. The molecule has 1 aromatic carbocycles. The summed E-state index contributed by atoms with van der Waals surface area (Å²) in [6.07, 6.45) is 0. The fourth-order valence-corrected chi connectivity index (χ4v) is 2.07. The molecule has 5 N–H and O–H groups in total. The lowest BCUT2D eigenvalue weighted by Gasteiger charge is -2.37. The number of hydrogen-bond donors (Lipinski definition) is 3. The van der Waals surface area contributed by atoms with E-state index in [-0.39, 0.29) is 12.6 Å². The van der Waals surface area contributed by atoms with Crippen LogP contribution < -0.4 is 16.4 Å². The minimum Gasteiger partial charge on any atom is -0.397 e. The summed E-state index contributed by atoms with van der Waals surface area (Å²) in [5, 5.41) is 9.34. The van der Waals surface area contributed by atoms with E-state index in [2.05, 4.69) is 0 Å². The van der Waals surface area contributed by atoms with E-state index < -0.39 is 5.91 Å². The van der Waals surface area contributed by atoms with Gasteiger partial charge in [-0.25, -0.2) is 0 Å². The first kappa shape index (κ1) is 12.7. The topological polar surface area (TPSA) is 102 Å². The molecule has 1 aliphatic rings. The van der Waals surface area contributed by atoms with Crippen LogP contribution in [0.4, 0.5) is 11.4 Å². The molecule has 1 saturated heterocycles. The molecule has 0 saturated carbocycles. The highest BCUT2D eigenvalue weighted by Crippen LogP contribution is 2.27. The first-order chi connectivity index (χ1) is 8.63. The van der Waals surface area contributed by atoms with Gasteiger partial charge in [-0.3, -0.25) is 4.79 Å². The fourth-order valence-electron chi connectivity index (χ4n) is 2.07. The molecule has 98 valence electrons. The molecule has 6 heteroatoms. The molecule has 1 fully saturated rings. The summed E-state index contributed by atoms with van der Waals surface area (Å²) < 4.78 is 5.31. The second-order valence-corrected chi connectivity index (χ2v) is 4.24. The van der Waals surface area contributed by atoms with Crippen molar-refractivity contribution in [3.05, 3.63) is 23.8 Å². The van der Waals surface area contributed by atoms with Gasteiger partial charge < -0.3 is 26.2 Å². The Hall–Kier alpha value is -1.79. The SMILES string of the molecule is NC(=O)c1ccc(N)c(N2CCOCC2CO)c1. The summed E-state index contributed by atoms with van der Waals surface area (Å²) in [6.45, 7) is 1.60. The number of carbonyl (C=O) groups is 1. The van der Waals surface area contributed by atoms with Gasteiger partial charge in [-0.2, -0.15) is 0 Å². The van der Waals surface area contributed by atoms with E-state index in [0.717, 1.165) is 0 Å². The number of nitrogen functional groups attached to an aromatic ring is 1. The predicted octanol–water partition coefficient (Wildman–Crippen LogP) is -0.435. The Morgan fingerprint density at radius 2 is 2.33 bits per heavy atom. The highest BCUT2D eigenvalue weighted by Gasteiger charge is 2.24. The normalized spacial score (nSPS) is 19.8. The second kappa shape index (κ2) is 5.24. The van der Waals surface area contributed by atoms with Crippen LogP contribution in [0.5, 0.6) is 0 Å². The van der Waals surface area contributed by atoms with Gasteiger partial charge in [0.2, 0.25) is 5.91 Å². The fraction of sp³-hybridized carbons (Fsp3) is 0.417. The summed E-state index contributed by atoms with van der Waals surface area (Å²) in [5.41, 5.74) is 12.9. The van der Waals surface area contributed by atoms with Gasteiger partial charge in [0.15, 0.2) is 0 Å². The molecule has 1 unspecified atom stereocenters. The van der Waals surface area contributed by atoms with Crippen LogP contribution in [0.2, 0.25) is 0 Å². The number of benzene rings is 1. The number of nitrogens with zero attached hydrogens (tertiary/aromatic N) is 1. The molecule has 0 aromatic heterocycles. The maximum atomic E-state index is 11.2. The average molecular weight is 251 g/mol. The van der Waals surface area contributed by atoms with Crippen molar-refractivity contribution in [2.75, 3.05) is 37.0 Å². The van der Waals surface area contributed by atoms with Gasteiger partial charge in [-0.05, 0) is 18.2 Å². The number of nitrogens with two attached hydrogens (primary N) is 2. The summed E-state index contributed by atoms with van der Waals surface area (Å²) in [4.78, 5) is 13.1. The first-order valence-electron chi connectivity index (χ1n) is 5.78. The smallest absolute Gasteiger partial charge is 0.248 e. The number of amides is 1. The zero-order valence-electron chi connectivity index (χ0n) is 10.0. The third-order valence-electron chi connectivity index (χ3n) is 3.06. The van der Waals surface area contributed by atoms with Crippen molar-refractivity contribution in [2.45, 2.75) is 6.04 Å². The minimum atomic E-state index is -0.495. The molecule has 1 heterocycles. The van der Waals surface area contributed by atoms with E-state index in [9.17, 15) is 9.90 Å². The van der Waals surface area contributed by atoms with Crippen LogP contribution in [0, 0.1) is 0 Å². The Kier molecular flexibility index (Phi) is 3.69. The van der Waals surface area contributed by atoms with Gasteiger partial charge in [0.05, 0.1) is 37.2 Å². The van der Waals surface area contributed by atoms with Crippen molar-refractivity contribution < 1.29 is 14.6 Å². The number of primary amides is 1. The minimum absolute atomic E-state index is 0.0275. The van der Waals surface area contributed by atoms with E-state index in [1.807, 2.05) is 4.90 Å². The van der Waals surface area contributed by atoms with E-state index >= 15 is 0 Å². The zero-order valence-corrected chi connectivity index (χ0v) is 10.0. The first-order valence-corrected chi connectivity index (χ1v) is 5.78. The Labute approximate surface area is 105 Å². The number of anilines is 2. The van der Waals surface area contributed by atoms with Crippen LogP contribution in [0.3, 0.4) is 0 Å². The molecule has 1 aliphatic heterocycles. The molecular formula is C12H17N3O3. The Balaban J connectivity index is 2.35. The highest BCUT2D eigenvalue weighted by atomic mass is 16.5. The lowest BCUT2D eigenvalue weighted by atomic mass is 10.1. The van der Waals surface area contributed by atoms with Crippen LogP contribution in [-0.4, -0.2) is 43.4 Å². The largest absolute Gasteiger partial charge is 0.397 e. The molecule has 1 atom stereocenters. The molecule has 1 amide bonds. The number of ether oxygens (including phenoxy) is 1. The van der Waals surface area contributed by atoms with Crippen LogP contribution >= 0.6 is 0 Å². The maximum Gasteiger partial charge on any atom is 0.248 e. The monoisotopic (exact) mass is 251 g/mol. The van der Waals surface area contributed by atoms with Crippen LogP contribution in [0.15, 0.2) is 18.2 Å². The van der Waals surface area contributed by atoms with Gasteiger partial charge in [0.1, 0.15) is 0 Å². The third-order valence-corrected chi connectivity index (χ3v) is 3.06. The van der Waals surface area contributed by atoms with Crippen LogP contribution in [-0.2, 0) is 4.74 Å². The molecular weight excluding hydrogens is 234 g/mol. The standard InChI is InChI=1S/C12H17N3O3/c13-10-2-1-8(12(14)17)5-11(10)15-3-4-18-7-9(15)6-16/h1-2,5,9,16H,3-4,6-7,13H2,(H2,14,17). The Morgan fingerprint density at radius 1 is 1.56 bits per heavy atom. The molecule has 0 bridgehead atoms. The Bertz CT molecular complexity index is 450. The lowest BCUT2D eigenvalue weighted by molar-refractivity contribution is 0.0728. The number of hydrogen-bond acceptors (Lipinski definition) is 5. The van der Waals surface area contributed by atoms with Gasteiger partial charge in [0.25, 0.3) is 0 Å². The summed E-state index contributed by atoms with van der Waals surface area (Å²) in [5.74, 6) is -0.495. The van der Waals surface area contributed by atoms with Crippen molar-refractivity contribution in [2.24, 2.45) is 5.73 Å². The quantitative estimate of drug-likeness (QED) is 0.632. The van der Waals surface area contributed by atoms with Crippen molar-refractivity contribution >= 4 is 17.3 Å². The zero-order chi connectivity index (χ0) is 13.1. The van der Waals surface area contributed by atoms with Gasteiger partial charge in [0, 0.05) is 12.1 Å². The molecule has 0 spiro atoms. The van der Waals surface area contributed by atoms with Crippen molar-refractivity contribution in [3.63, 3.8) is 0 Å². The number of rotatable bonds is 3. The van der Waals surface area contributed by atoms with E-state index in [1.54, 1.807) is 18.2 Å². The maximum absolute atomic E-state index is 11.2. The second-order valence-electron chi connectivity index (χ2n) is 4.24. The van der Waals surface area contributed by atoms with Crippen molar-refractivity contribution in [1.29, 1.82) is 0 Å². The van der Waals surface area contributed by atoms with E-state index in [0.29, 0.717) is 36.7 Å². The van der Waals surface area contributed by atoms with Gasteiger partial charge in [-0.1, -0.05) is 0 Å². The van der Waals surface area contributed by atoms with Crippen molar-refractivity contribution in [1.82, 2.24) is 0 Å². The number of aliphatic hydroxyl groups excluding tert-OH is 1. The van der Waals surface area contributed by atoms with Gasteiger partial charge >= 0.3 is 0 Å². The molecule has 0 aliphatic carbocycles. The van der Waals surface area contributed by atoms with Gasteiger partial charge in [-0.15, -0.1) is 0 Å². The third kappa shape index (κ3) is 2.39. The predicted molar refractivity (Wildman–Crippen MR) is 68.4 cm³/mol. The average Bonchev–Trinajstić information content (AvgIpc) is 2.39. The van der Waals surface area contributed by atoms with Crippen LogP contribution in [0.1, 0.15) is 10.4 Å². The summed E-state index contributed by atoms with van der Waals surface area (Å²) >= 11 is 0. The van der Waals surface area contributed by atoms with Crippen LogP contribution in [0.25, 0.3) is 0 Å². The summed E-state index contributed by atoms with van der Waals surface area (Å²) in [7, 11) is 0. The molecule has 18 heavy (non-hydrogen) atoms. The summed E-state index contributed by atoms with van der Waals surface area (Å²) in [6, 6.07) is 4.75. The molecule has 6 nitrogen and oxygen atoms in total. The highest BCUT2D eigenvalue weighted by molar-refractivity contribution is 5.95. The van der Waals surface area contributed by atoms with E-state index in [1.165, 1.54) is 0 Å². The Morgan fingerprint density at radius 3 is 3.00 bits per heavy atom. The molecule has 1 aromatic rings. The van der Waals surface area contributed by atoms with E-state index in [4.69, 9.17) is 16.2 Å².